The Morgan fingerprint density at radius 3 is 2.33 bits per heavy atom. The largest absolute Gasteiger partial charge is 0.351 e. The van der Waals surface area contributed by atoms with Crippen molar-refractivity contribution in [1.29, 1.82) is 0 Å². The van der Waals surface area contributed by atoms with Gasteiger partial charge in [-0.1, -0.05) is 29.8 Å². The number of hydrogen-bond acceptors (Lipinski definition) is 2. The van der Waals surface area contributed by atoms with E-state index in [1.807, 2.05) is 45.9 Å². The maximum Gasteiger partial charge on any atom is 0.227 e. The average Bonchev–Trinajstić information content (AvgIpc) is 2.26. The minimum absolute atomic E-state index is 0.0741. The number of nitrogens with two attached hydrogens (primary N) is 1. The molecule has 3 N–H and O–H groups in total. The summed E-state index contributed by atoms with van der Waals surface area (Å²) in [5.74, 6) is -0.0741. The highest BCUT2D eigenvalue weighted by Gasteiger charge is 2.40. The number of carbonyl (C=O) groups is 1. The van der Waals surface area contributed by atoms with Gasteiger partial charge in [0.15, 0.2) is 0 Å². The molecule has 1 rings (SSSR count). The Morgan fingerprint density at radius 1 is 1.28 bits per heavy atom. The quantitative estimate of drug-likeness (QED) is 0.882. The molecule has 18 heavy (non-hydrogen) atoms. The zero-order chi connectivity index (χ0) is 14.0. The van der Waals surface area contributed by atoms with E-state index in [4.69, 9.17) is 17.3 Å². The van der Waals surface area contributed by atoms with Crippen LogP contribution in [0.1, 0.15) is 33.3 Å². The van der Waals surface area contributed by atoms with Gasteiger partial charge in [0.25, 0.3) is 0 Å². The SMILES string of the molecule is CC(C)(N)C(C)(C)C(=O)NCc1ccccc1Cl. The van der Waals surface area contributed by atoms with Gasteiger partial charge in [-0.05, 0) is 39.3 Å². The van der Waals surface area contributed by atoms with Crippen LogP contribution in [0.15, 0.2) is 24.3 Å². The van der Waals surface area contributed by atoms with E-state index in [1.54, 1.807) is 6.07 Å². The van der Waals surface area contributed by atoms with Crippen LogP contribution in [0.3, 0.4) is 0 Å². The first-order valence-corrected chi connectivity index (χ1v) is 6.34. The monoisotopic (exact) mass is 268 g/mol. The van der Waals surface area contributed by atoms with Crippen molar-refractivity contribution in [2.24, 2.45) is 11.1 Å². The third kappa shape index (κ3) is 3.24. The molecule has 0 spiro atoms. The zero-order valence-electron chi connectivity index (χ0n) is 11.4. The molecule has 0 aliphatic heterocycles. The van der Waals surface area contributed by atoms with Crippen molar-refractivity contribution in [3.8, 4) is 0 Å². The molecule has 100 valence electrons. The summed E-state index contributed by atoms with van der Waals surface area (Å²) in [6, 6.07) is 7.45. The highest BCUT2D eigenvalue weighted by atomic mass is 35.5. The summed E-state index contributed by atoms with van der Waals surface area (Å²) >= 11 is 6.04. The second-order valence-corrected chi connectivity index (χ2v) is 6.03. The zero-order valence-corrected chi connectivity index (χ0v) is 12.1. The van der Waals surface area contributed by atoms with Gasteiger partial charge in [0.1, 0.15) is 0 Å². The molecule has 1 aromatic carbocycles. The fourth-order valence-corrected chi connectivity index (χ4v) is 1.53. The molecule has 0 unspecified atom stereocenters. The molecule has 0 saturated heterocycles. The number of halogens is 1. The normalized spacial score (nSPS) is 12.3. The van der Waals surface area contributed by atoms with E-state index in [-0.39, 0.29) is 5.91 Å². The van der Waals surface area contributed by atoms with Crippen LogP contribution in [0.25, 0.3) is 0 Å². The van der Waals surface area contributed by atoms with Gasteiger partial charge in [-0.3, -0.25) is 4.79 Å². The van der Waals surface area contributed by atoms with Crippen molar-refractivity contribution in [3.05, 3.63) is 34.9 Å². The molecule has 0 fully saturated rings. The lowest BCUT2D eigenvalue weighted by Crippen LogP contribution is -2.55. The minimum Gasteiger partial charge on any atom is -0.351 e. The van der Waals surface area contributed by atoms with Crippen molar-refractivity contribution >= 4 is 17.5 Å². The van der Waals surface area contributed by atoms with Gasteiger partial charge in [-0.2, -0.15) is 0 Å². The number of rotatable bonds is 4. The molecule has 0 atom stereocenters. The Bertz CT molecular complexity index is 436. The molecule has 3 nitrogen and oxygen atoms in total. The van der Waals surface area contributed by atoms with Crippen LogP contribution in [0.4, 0.5) is 0 Å². The predicted octanol–water partition coefficient (Wildman–Crippen LogP) is 2.72. The smallest absolute Gasteiger partial charge is 0.227 e. The van der Waals surface area contributed by atoms with E-state index >= 15 is 0 Å². The number of hydrogen-bond donors (Lipinski definition) is 2. The third-order valence-electron chi connectivity index (χ3n) is 3.58. The average molecular weight is 269 g/mol. The van der Waals surface area contributed by atoms with Crippen LogP contribution in [0.2, 0.25) is 5.02 Å². The Morgan fingerprint density at radius 2 is 1.83 bits per heavy atom. The fourth-order valence-electron chi connectivity index (χ4n) is 1.33. The molecule has 0 radical (unpaired) electrons. The third-order valence-corrected chi connectivity index (χ3v) is 3.94. The van der Waals surface area contributed by atoms with E-state index < -0.39 is 11.0 Å². The van der Waals surface area contributed by atoms with Gasteiger partial charge in [-0.25, -0.2) is 0 Å². The van der Waals surface area contributed by atoms with Crippen LogP contribution in [-0.2, 0) is 11.3 Å². The van der Waals surface area contributed by atoms with Crippen LogP contribution in [0.5, 0.6) is 0 Å². The number of nitrogens with one attached hydrogen (secondary N) is 1. The van der Waals surface area contributed by atoms with Crippen LogP contribution < -0.4 is 11.1 Å². The van der Waals surface area contributed by atoms with Crippen molar-refractivity contribution in [2.75, 3.05) is 0 Å². The summed E-state index contributed by atoms with van der Waals surface area (Å²) in [5, 5.41) is 3.54. The first-order chi connectivity index (χ1) is 8.16. The van der Waals surface area contributed by atoms with Gasteiger partial charge in [0, 0.05) is 17.1 Å². The van der Waals surface area contributed by atoms with E-state index in [2.05, 4.69) is 5.32 Å². The lowest BCUT2D eigenvalue weighted by Gasteiger charge is -2.36. The molecule has 1 aromatic rings. The Hall–Kier alpha value is -1.06. The van der Waals surface area contributed by atoms with Gasteiger partial charge in [-0.15, -0.1) is 0 Å². The maximum absolute atomic E-state index is 12.2. The summed E-state index contributed by atoms with van der Waals surface area (Å²) < 4.78 is 0. The first-order valence-electron chi connectivity index (χ1n) is 5.97. The lowest BCUT2D eigenvalue weighted by molar-refractivity contribution is -0.132. The van der Waals surface area contributed by atoms with Crippen molar-refractivity contribution in [1.82, 2.24) is 5.32 Å². The standard InChI is InChI=1S/C14H21ClN2O/c1-13(2,14(3,4)16)12(18)17-9-10-7-5-6-8-11(10)15/h5-8H,9,16H2,1-4H3,(H,17,18). The van der Waals surface area contributed by atoms with E-state index in [0.29, 0.717) is 11.6 Å². The first kappa shape index (κ1) is 15.0. The Balaban J connectivity index is 2.71. The molecule has 0 aliphatic rings. The van der Waals surface area contributed by atoms with Gasteiger partial charge < -0.3 is 11.1 Å². The summed E-state index contributed by atoms with van der Waals surface area (Å²) in [7, 11) is 0. The highest BCUT2D eigenvalue weighted by molar-refractivity contribution is 6.31. The summed E-state index contributed by atoms with van der Waals surface area (Å²) in [6.07, 6.45) is 0. The molecule has 4 heteroatoms. The minimum atomic E-state index is -0.645. The summed E-state index contributed by atoms with van der Waals surface area (Å²) in [6.45, 7) is 7.80. The van der Waals surface area contributed by atoms with Crippen LogP contribution in [0, 0.1) is 5.41 Å². The second kappa shape index (κ2) is 5.29. The lowest BCUT2D eigenvalue weighted by atomic mass is 9.74. The van der Waals surface area contributed by atoms with Crippen molar-refractivity contribution in [3.63, 3.8) is 0 Å². The molecule has 0 saturated carbocycles. The second-order valence-electron chi connectivity index (χ2n) is 5.62. The Labute approximate surface area is 114 Å². The molecular weight excluding hydrogens is 248 g/mol. The number of benzene rings is 1. The molecule has 0 aromatic heterocycles. The van der Waals surface area contributed by atoms with Crippen LogP contribution >= 0.6 is 11.6 Å². The topological polar surface area (TPSA) is 55.1 Å². The van der Waals surface area contributed by atoms with Crippen LogP contribution in [-0.4, -0.2) is 11.4 Å². The number of carbonyl (C=O) groups excluding carboxylic acids is 1. The van der Waals surface area contributed by atoms with E-state index in [9.17, 15) is 4.79 Å². The molecule has 1 amide bonds. The predicted molar refractivity (Wildman–Crippen MR) is 75.3 cm³/mol. The number of amides is 1. The van der Waals surface area contributed by atoms with E-state index in [0.717, 1.165) is 5.56 Å². The van der Waals surface area contributed by atoms with Gasteiger partial charge in [0.2, 0.25) is 5.91 Å². The summed E-state index contributed by atoms with van der Waals surface area (Å²) in [5.41, 5.74) is 5.70. The van der Waals surface area contributed by atoms with Gasteiger partial charge in [0.05, 0.1) is 5.41 Å². The fraction of sp³-hybridized carbons (Fsp3) is 0.500. The van der Waals surface area contributed by atoms with E-state index in [1.165, 1.54) is 0 Å². The summed E-state index contributed by atoms with van der Waals surface area (Å²) in [4.78, 5) is 12.2. The molecule has 0 bridgehead atoms. The molecular formula is C14H21ClN2O. The maximum atomic E-state index is 12.2. The Kier molecular flexibility index (Phi) is 4.41. The highest BCUT2D eigenvalue weighted by Crippen LogP contribution is 2.28. The molecule has 0 heterocycles. The van der Waals surface area contributed by atoms with Crippen molar-refractivity contribution in [2.45, 2.75) is 39.8 Å². The molecule has 0 aliphatic carbocycles. The van der Waals surface area contributed by atoms with Crippen molar-refractivity contribution < 1.29 is 4.79 Å². The van der Waals surface area contributed by atoms with Gasteiger partial charge >= 0.3 is 0 Å².